The van der Waals surface area contributed by atoms with Crippen LogP contribution in [0.4, 0.5) is 17.1 Å². The smallest absolute Gasteiger partial charge is 0.262 e. The highest BCUT2D eigenvalue weighted by molar-refractivity contribution is 7.92. The maximum atomic E-state index is 12.7. The molecule has 0 saturated heterocycles. The topological polar surface area (TPSA) is 116 Å². The average molecular weight is 412 g/mol. The van der Waals surface area contributed by atoms with Crippen molar-refractivity contribution in [3.63, 3.8) is 0 Å². The minimum absolute atomic E-state index is 0.0777. The third kappa shape index (κ3) is 4.77. The van der Waals surface area contributed by atoms with Gasteiger partial charge in [0, 0.05) is 33.5 Å². The molecule has 3 rings (SSSR count). The maximum absolute atomic E-state index is 12.7. The summed E-state index contributed by atoms with van der Waals surface area (Å²) < 4.78 is 33.1. The number of nitroso groups, excluding NO2 is 1. The summed E-state index contributed by atoms with van der Waals surface area (Å²) in [4.78, 5) is 23.2. The first-order valence-corrected chi connectivity index (χ1v) is 9.97. The Morgan fingerprint density at radius 1 is 0.966 bits per heavy atom. The zero-order valence-corrected chi connectivity index (χ0v) is 16.2. The summed E-state index contributed by atoms with van der Waals surface area (Å²) in [5, 5.41) is 4.37. The second-order valence-corrected chi connectivity index (χ2v) is 7.65. The quantitative estimate of drug-likeness (QED) is 0.550. The van der Waals surface area contributed by atoms with Crippen LogP contribution in [0.1, 0.15) is 10.4 Å². The molecule has 0 fully saturated rings. The molecule has 29 heavy (non-hydrogen) atoms. The third-order valence-corrected chi connectivity index (χ3v) is 5.36. The number of rotatable bonds is 7. The number of methoxy groups -OCH3 is 1. The van der Waals surface area contributed by atoms with E-state index in [4.69, 9.17) is 4.74 Å². The zero-order chi connectivity index (χ0) is 20.9. The van der Waals surface area contributed by atoms with Gasteiger partial charge in [0.05, 0.1) is 17.7 Å². The molecule has 1 amide bonds. The van der Waals surface area contributed by atoms with Crippen molar-refractivity contribution in [3.8, 4) is 5.75 Å². The summed E-state index contributed by atoms with van der Waals surface area (Å²) in [7, 11) is -2.51. The van der Waals surface area contributed by atoms with Gasteiger partial charge in [-0.05, 0) is 36.4 Å². The number of amides is 1. The van der Waals surface area contributed by atoms with Crippen LogP contribution in [0.2, 0.25) is 0 Å². The molecule has 0 bridgehead atoms. The van der Waals surface area contributed by atoms with E-state index in [2.05, 4.69) is 10.0 Å². The molecule has 0 aliphatic carbocycles. The van der Waals surface area contributed by atoms with Crippen molar-refractivity contribution in [2.75, 3.05) is 17.1 Å². The summed E-state index contributed by atoms with van der Waals surface area (Å²) in [6, 6.07) is 18.5. The van der Waals surface area contributed by atoms with Crippen LogP contribution in [-0.2, 0) is 10.0 Å². The number of ether oxygens (including phenoxy) is 1. The van der Waals surface area contributed by atoms with E-state index in [0.29, 0.717) is 17.1 Å². The summed E-state index contributed by atoms with van der Waals surface area (Å²) in [5.74, 6) is -0.140. The molecule has 0 atom stereocenters. The first kappa shape index (κ1) is 20.0. The molecule has 0 aromatic heterocycles. The lowest BCUT2D eigenvalue weighted by atomic mass is 10.2. The van der Waals surface area contributed by atoms with E-state index in [9.17, 15) is 18.1 Å². The van der Waals surface area contributed by atoms with E-state index < -0.39 is 15.9 Å². The molecule has 148 valence electrons. The van der Waals surface area contributed by atoms with E-state index in [0.717, 1.165) is 0 Å². The molecule has 9 heteroatoms. The second-order valence-electron chi connectivity index (χ2n) is 5.97. The summed E-state index contributed by atoms with van der Waals surface area (Å²) in [5.41, 5.74) is 1.12. The van der Waals surface area contributed by atoms with Crippen LogP contribution in [0.5, 0.6) is 5.75 Å². The van der Waals surface area contributed by atoms with Crippen LogP contribution in [0.15, 0.2) is 77.7 Å². The summed E-state index contributed by atoms with van der Waals surface area (Å²) in [6.07, 6.45) is 0. The molecule has 3 aromatic carbocycles. The van der Waals surface area contributed by atoms with E-state index in [-0.39, 0.29) is 16.1 Å². The van der Waals surface area contributed by atoms with Gasteiger partial charge in [-0.25, -0.2) is 8.42 Å². The lowest BCUT2D eigenvalue weighted by Gasteiger charge is -2.12. The Bertz CT molecular complexity index is 1160. The lowest BCUT2D eigenvalue weighted by Crippen LogP contribution is -2.55. The van der Waals surface area contributed by atoms with Crippen LogP contribution >= 0.6 is 0 Å². The Kier molecular flexibility index (Phi) is 5.89. The van der Waals surface area contributed by atoms with E-state index >= 15 is 0 Å². The van der Waals surface area contributed by atoms with Crippen LogP contribution in [-0.4, -0.2) is 21.4 Å². The normalized spacial score (nSPS) is 10.8. The fourth-order valence-corrected chi connectivity index (χ4v) is 3.72. The van der Waals surface area contributed by atoms with Gasteiger partial charge in [-0.3, -0.25) is 9.52 Å². The van der Waals surface area contributed by atoms with Gasteiger partial charge in [-0.15, -0.1) is 0 Å². The molecular formula is C20H18N3O5S+. The molecule has 0 radical (unpaired) electrons. The van der Waals surface area contributed by atoms with Crippen LogP contribution in [0.25, 0.3) is 0 Å². The highest BCUT2D eigenvalue weighted by atomic mass is 32.2. The summed E-state index contributed by atoms with van der Waals surface area (Å²) in [6.45, 7) is 0. The van der Waals surface area contributed by atoms with E-state index in [1.165, 1.54) is 37.4 Å². The minimum Gasteiger partial charge on any atom is -0.495 e. The van der Waals surface area contributed by atoms with Gasteiger partial charge in [-0.2, -0.15) is 0 Å². The first-order valence-electron chi connectivity index (χ1n) is 8.48. The molecule has 0 unspecified atom stereocenters. The second kappa shape index (κ2) is 8.53. The minimum atomic E-state index is -3.95. The maximum Gasteiger partial charge on any atom is 0.262 e. The molecule has 0 aliphatic heterocycles. The van der Waals surface area contributed by atoms with E-state index in [1.807, 2.05) is 0 Å². The largest absolute Gasteiger partial charge is 0.495 e. The number of hydrogen-bond donors (Lipinski definition) is 3. The number of carbonyl (C=O) groups excluding carboxylic acids is 1. The fourth-order valence-electron chi connectivity index (χ4n) is 2.60. The van der Waals surface area contributed by atoms with Gasteiger partial charge in [0.2, 0.25) is 0 Å². The van der Waals surface area contributed by atoms with Crippen molar-refractivity contribution >= 4 is 33.0 Å². The van der Waals surface area contributed by atoms with Crippen molar-refractivity contribution in [3.05, 3.63) is 83.3 Å². The number of sulfonamides is 1. The van der Waals surface area contributed by atoms with Crippen LogP contribution in [0, 0.1) is 4.91 Å². The molecule has 0 heterocycles. The molecule has 0 saturated carbocycles. The molecule has 0 spiro atoms. The Hall–Kier alpha value is -3.72. The third-order valence-electron chi connectivity index (χ3n) is 4.00. The monoisotopic (exact) mass is 412 g/mol. The van der Waals surface area contributed by atoms with E-state index in [1.54, 1.807) is 47.6 Å². The number of nitrogens with one attached hydrogen (secondary N) is 3. The van der Waals surface area contributed by atoms with Gasteiger partial charge in [0.15, 0.2) is 0 Å². The Morgan fingerprint density at radius 3 is 2.48 bits per heavy atom. The van der Waals surface area contributed by atoms with Gasteiger partial charge in [-0.1, -0.05) is 24.3 Å². The highest BCUT2D eigenvalue weighted by Gasteiger charge is 2.18. The Labute approximate surface area is 167 Å². The highest BCUT2D eigenvalue weighted by Crippen LogP contribution is 2.26. The predicted octanol–water partition coefficient (Wildman–Crippen LogP) is 2.23. The average Bonchev–Trinajstić information content (AvgIpc) is 2.74. The molecule has 0 aliphatic rings. The number of benzene rings is 3. The fraction of sp³-hybridized carbons (Fsp3) is 0.0500. The van der Waals surface area contributed by atoms with Crippen molar-refractivity contribution in [1.29, 1.82) is 0 Å². The molecule has 8 nitrogen and oxygen atoms in total. The van der Waals surface area contributed by atoms with Gasteiger partial charge in [0.1, 0.15) is 5.75 Å². The molecular weight excluding hydrogens is 394 g/mol. The van der Waals surface area contributed by atoms with Gasteiger partial charge in [0.25, 0.3) is 21.6 Å². The standard InChI is InChI=1S/C20H17N3O5S/c1-28-19-11-3-2-10-18(19)23-29(26,27)17-9-4-6-14(12-17)20(24)21-15-7-5-8-16(13-15)22-25/h2-13,23H,1H3,(H,21,24)/p+1. The van der Waals surface area contributed by atoms with Crippen LogP contribution < -0.4 is 20.0 Å². The van der Waals surface area contributed by atoms with Crippen molar-refractivity contribution in [2.45, 2.75) is 4.90 Å². The van der Waals surface area contributed by atoms with Crippen LogP contribution in [0.3, 0.4) is 0 Å². The first-order chi connectivity index (χ1) is 13.9. The molecule has 3 aromatic rings. The predicted molar refractivity (Wildman–Crippen MR) is 109 cm³/mol. The van der Waals surface area contributed by atoms with Gasteiger partial charge >= 0.3 is 0 Å². The number of carbonyl (C=O) groups is 1. The van der Waals surface area contributed by atoms with Crippen molar-refractivity contribution in [2.24, 2.45) is 0 Å². The summed E-state index contributed by atoms with van der Waals surface area (Å²) >= 11 is 0. The Morgan fingerprint density at radius 2 is 1.72 bits per heavy atom. The zero-order valence-electron chi connectivity index (χ0n) is 15.4. The van der Waals surface area contributed by atoms with Gasteiger partial charge < -0.3 is 10.1 Å². The Balaban J connectivity index is 1.84. The number of para-hydroxylation sites is 2. The SMILES string of the molecule is COc1ccccc1NS(=O)(=O)c1cccc(C(=O)Nc2cccc([NH+]=O)c2)c1. The van der Waals surface area contributed by atoms with Crippen molar-refractivity contribution < 1.29 is 23.1 Å². The lowest BCUT2D eigenvalue weighted by molar-refractivity contribution is -0.379. The number of hydrogen-bond acceptors (Lipinski definition) is 5. The molecule has 3 N–H and O–H groups in total. The van der Waals surface area contributed by atoms with Crippen molar-refractivity contribution in [1.82, 2.24) is 0 Å². The number of anilines is 2.